The van der Waals surface area contributed by atoms with Crippen LogP contribution in [0, 0.1) is 6.92 Å². The molecule has 0 spiro atoms. The lowest BCUT2D eigenvalue weighted by molar-refractivity contribution is 0.102. The van der Waals surface area contributed by atoms with Gasteiger partial charge in [-0.25, -0.2) is 4.98 Å². The minimum absolute atomic E-state index is 0.264. The molecule has 0 radical (unpaired) electrons. The van der Waals surface area contributed by atoms with Crippen LogP contribution in [0.25, 0.3) is 16.5 Å². The summed E-state index contributed by atoms with van der Waals surface area (Å²) in [4.78, 5) is 19.9. The Hall–Kier alpha value is -3.65. The summed E-state index contributed by atoms with van der Waals surface area (Å²) >= 11 is 1.44. The van der Waals surface area contributed by atoms with Gasteiger partial charge in [-0.05, 0) is 36.3 Å². The van der Waals surface area contributed by atoms with Gasteiger partial charge in [0.05, 0.1) is 22.4 Å². The molecule has 0 aliphatic carbocycles. The van der Waals surface area contributed by atoms with Gasteiger partial charge in [0, 0.05) is 22.5 Å². The van der Waals surface area contributed by atoms with Crippen LogP contribution in [0.1, 0.15) is 26.6 Å². The van der Waals surface area contributed by atoms with Crippen molar-refractivity contribution in [1.82, 2.24) is 20.2 Å². The quantitative estimate of drug-likeness (QED) is 0.384. The monoisotopic (exact) mass is 390 g/mol. The van der Waals surface area contributed by atoms with Gasteiger partial charge >= 0.3 is 0 Å². The van der Waals surface area contributed by atoms with E-state index in [9.17, 15) is 4.79 Å². The molecule has 0 saturated heterocycles. The number of allylic oxidation sites excluding steroid dienone is 2. The number of thiazole rings is 1. The Morgan fingerprint density at radius 1 is 1.39 bits per heavy atom. The van der Waals surface area contributed by atoms with Crippen LogP contribution in [0.4, 0.5) is 11.5 Å². The molecule has 8 heteroatoms. The Labute approximate surface area is 165 Å². The SMILES string of the molecule is C=C/C=C(/c1cc(NC(=O)c2csc(C)n2)c2cn[nH]c2c1)c1cc[nH]c1N. The van der Waals surface area contributed by atoms with Crippen molar-refractivity contribution >= 4 is 45.2 Å². The number of nitrogen functional groups attached to an aromatic ring is 1. The molecular formula is C20H18N6OS. The number of aromatic amines is 2. The number of aromatic nitrogens is 4. The van der Waals surface area contributed by atoms with Crippen LogP contribution in [0.3, 0.4) is 0 Å². The Balaban J connectivity index is 1.80. The maximum Gasteiger partial charge on any atom is 0.275 e. The molecular weight excluding hydrogens is 372 g/mol. The summed E-state index contributed by atoms with van der Waals surface area (Å²) in [5.41, 5.74) is 10.5. The second kappa shape index (κ2) is 7.16. The number of nitrogens with two attached hydrogens (primary N) is 1. The standard InChI is InChI=1S/C20H18N6OS/c1-3-4-13(14-5-6-22-19(14)21)12-7-16(15-9-23-26-17(15)8-12)25-20(27)18-10-28-11(2)24-18/h3-10,22H,1,21H2,2H3,(H,23,26)(H,25,27)/b13-4-. The first-order valence-electron chi connectivity index (χ1n) is 8.53. The number of nitrogens with one attached hydrogen (secondary N) is 3. The Morgan fingerprint density at radius 2 is 2.25 bits per heavy atom. The zero-order valence-corrected chi connectivity index (χ0v) is 15.9. The van der Waals surface area contributed by atoms with Crippen LogP contribution in [-0.2, 0) is 0 Å². The number of H-pyrrole nitrogens is 2. The van der Waals surface area contributed by atoms with Crippen LogP contribution in [0.5, 0.6) is 0 Å². The van der Waals surface area contributed by atoms with Crippen LogP contribution in [-0.4, -0.2) is 26.1 Å². The third-order valence-electron chi connectivity index (χ3n) is 4.32. The van der Waals surface area contributed by atoms with Crippen molar-refractivity contribution in [3.05, 3.63) is 76.5 Å². The van der Waals surface area contributed by atoms with Crippen molar-refractivity contribution in [2.45, 2.75) is 6.92 Å². The zero-order valence-electron chi connectivity index (χ0n) is 15.1. The van der Waals surface area contributed by atoms with Gasteiger partial charge in [0.25, 0.3) is 5.91 Å². The largest absolute Gasteiger partial charge is 0.385 e. The van der Waals surface area contributed by atoms with Gasteiger partial charge in [-0.15, -0.1) is 11.3 Å². The second-order valence-electron chi connectivity index (χ2n) is 6.18. The number of nitrogens with zero attached hydrogens (tertiary/aromatic N) is 2. The van der Waals surface area contributed by atoms with Gasteiger partial charge in [-0.1, -0.05) is 18.7 Å². The van der Waals surface area contributed by atoms with E-state index < -0.39 is 0 Å². The van der Waals surface area contributed by atoms with Crippen molar-refractivity contribution in [2.75, 3.05) is 11.1 Å². The average molecular weight is 390 g/mol. The molecule has 1 aromatic carbocycles. The van der Waals surface area contributed by atoms with E-state index in [2.05, 4.69) is 32.1 Å². The first-order chi connectivity index (χ1) is 13.6. The highest BCUT2D eigenvalue weighted by molar-refractivity contribution is 7.09. The summed E-state index contributed by atoms with van der Waals surface area (Å²) < 4.78 is 0. The van der Waals surface area contributed by atoms with Gasteiger partial charge in [0.2, 0.25) is 0 Å². The molecule has 1 amide bonds. The normalized spacial score (nSPS) is 11.7. The van der Waals surface area contributed by atoms with E-state index in [0.29, 0.717) is 17.2 Å². The number of carbonyl (C=O) groups excluding carboxylic acids is 1. The molecule has 0 aliphatic rings. The van der Waals surface area contributed by atoms with E-state index in [0.717, 1.165) is 32.6 Å². The van der Waals surface area contributed by atoms with Crippen molar-refractivity contribution < 1.29 is 4.79 Å². The maximum absolute atomic E-state index is 12.6. The van der Waals surface area contributed by atoms with Crippen molar-refractivity contribution in [2.24, 2.45) is 0 Å². The third kappa shape index (κ3) is 3.21. The first kappa shape index (κ1) is 17.7. The second-order valence-corrected chi connectivity index (χ2v) is 7.24. The fraction of sp³-hybridized carbons (Fsp3) is 0.0500. The van der Waals surface area contributed by atoms with E-state index in [-0.39, 0.29) is 5.91 Å². The Morgan fingerprint density at radius 3 is 2.93 bits per heavy atom. The molecule has 3 aromatic heterocycles. The molecule has 0 bridgehead atoms. The van der Waals surface area contributed by atoms with E-state index in [1.807, 2.05) is 31.2 Å². The lowest BCUT2D eigenvalue weighted by atomic mass is 9.97. The van der Waals surface area contributed by atoms with E-state index in [4.69, 9.17) is 5.73 Å². The zero-order chi connectivity index (χ0) is 19.7. The molecule has 7 nitrogen and oxygen atoms in total. The number of hydrogen-bond acceptors (Lipinski definition) is 5. The fourth-order valence-electron chi connectivity index (χ4n) is 3.04. The molecule has 0 aliphatic heterocycles. The highest BCUT2D eigenvalue weighted by atomic mass is 32.1. The minimum atomic E-state index is -0.264. The number of rotatable bonds is 5. The van der Waals surface area contributed by atoms with Crippen LogP contribution < -0.4 is 11.1 Å². The Bertz CT molecular complexity index is 1210. The molecule has 4 aromatic rings. The summed E-state index contributed by atoms with van der Waals surface area (Å²) in [6, 6.07) is 5.77. The highest BCUT2D eigenvalue weighted by Crippen LogP contribution is 2.33. The van der Waals surface area contributed by atoms with Gasteiger partial charge in [0.15, 0.2) is 0 Å². The van der Waals surface area contributed by atoms with Gasteiger partial charge < -0.3 is 16.0 Å². The van der Waals surface area contributed by atoms with Crippen molar-refractivity contribution in [3.63, 3.8) is 0 Å². The van der Waals surface area contributed by atoms with Gasteiger partial charge in [0.1, 0.15) is 11.5 Å². The molecule has 5 N–H and O–H groups in total. The summed E-state index contributed by atoms with van der Waals surface area (Å²) in [7, 11) is 0. The molecule has 3 heterocycles. The molecule has 0 unspecified atom stereocenters. The number of carbonyl (C=O) groups is 1. The summed E-state index contributed by atoms with van der Waals surface area (Å²) in [6.07, 6.45) is 7.05. The van der Waals surface area contributed by atoms with Crippen LogP contribution in [0.15, 0.2) is 54.7 Å². The minimum Gasteiger partial charge on any atom is -0.385 e. The smallest absolute Gasteiger partial charge is 0.275 e. The predicted octanol–water partition coefficient (Wildman–Crippen LogP) is 4.11. The fourth-order valence-corrected chi connectivity index (χ4v) is 3.63. The molecule has 0 atom stereocenters. The number of amides is 1. The number of hydrogen-bond donors (Lipinski definition) is 4. The molecule has 28 heavy (non-hydrogen) atoms. The lowest BCUT2D eigenvalue weighted by Crippen LogP contribution is -2.12. The molecule has 140 valence electrons. The van der Waals surface area contributed by atoms with Crippen molar-refractivity contribution in [3.8, 4) is 0 Å². The molecule has 4 rings (SSSR count). The molecule has 0 saturated carbocycles. The number of fused-ring (bicyclic) bond motifs is 1. The number of anilines is 2. The van der Waals surface area contributed by atoms with Crippen LogP contribution in [0.2, 0.25) is 0 Å². The number of benzene rings is 1. The average Bonchev–Trinajstić information content (AvgIpc) is 3.40. The van der Waals surface area contributed by atoms with Gasteiger partial charge in [-0.3, -0.25) is 9.89 Å². The van der Waals surface area contributed by atoms with Crippen molar-refractivity contribution in [1.29, 1.82) is 0 Å². The van der Waals surface area contributed by atoms with E-state index in [1.54, 1.807) is 23.8 Å². The number of aryl methyl sites for hydroxylation is 1. The van der Waals surface area contributed by atoms with Gasteiger partial charge in [-0.2, -0.15) is 5.10 Å². The van der Waals surface area contributed by atoms with E-state index >= 15 is 0 Å². The predicted molar refractivity (Wildman–Crippen MR) is 113 cm³/mol. The lowest BCUT2D eigenvalue weighted by Gasteiger charge is -2.11. The summed E-state index contributed by atoms with van der Waals surface area (Å²) in [5, 5.41) is 13.4. The van der Waals surface area contributed by atoms with Crippen LogP contribution >= 0.6 is 11.3 Å². The summed E-state index contributed by atoms with van der Waals surface area (Å²) in [5.74, 6) is 0.292. The maximum atomic E-state index is 12.6. The first-order valence-corrected chi connectivity index (χ1v) is 9.41. The topological polar surface area (TPSA) is 112 Å². The highest BCUT2D eigenvalue weighted by Gasteiger charge is 2.16. The molecule has 0 fully saturated rings. The third-order valence-corrected chi connectivity index (χ3v) is 5.10. The Kier molecular flexibility index (Phi) is 4.54. The summed E-state index contributed by atoms with van der Waals surface area (Å²) in [6.45, 7) is 5.67. The van der Waals surface area contributed by atoms with E-state index in [1.165, 1.54) is 11.3 Å².